The van der Waals surface area contributed by atoms with Crippen LogP contribution in [0.1, 0.15) is 41.8 Å². The van der Waals surface area contributed by atoms with Gasteiger partial charge in [0, 0.05) is 23.7 Å². The van der Waals surface area contributed by atoms with Crippen molar-refractivity contribution in [2.24, 2.45) is 5.92 Å². The molecule has 0 radical (unpaired) electrons. The fourth-order valence-electron chi connectivity index (χ4n) is 2.57. The summed E-state index contributed by atoms with van der Waals surface area (Å²) in [5.74, 6) is -0.663. The molecule has 7 heteroatoms. The van der Waals surface area contributed by atoms with Gasteiger partial charge in [-0.25, -0.2) is 0 Å². The first kappa shape index (κ1) is 20.1. The van der Waals surface area contributed by atoms with Crippen molar-refractivity contribution in [3.05, 3.63) is 69.3 Å². The maximum atomic E-state index is 12.4. The van der Waals surface area contributed by atoms with Gasteiger partial charge in [-0.2, -0.15) is 0 Å². The second-order valence-electron chi connectivity index (χ2n) is 6.41. The largest absolute Gasteiger partial charge is 0.348 e. The molecule has 27 heavy (non-hydrogen) atoms. The third-order valence-corrected chi connectivity index (χ3v) is 4.37. The van der Waals surface area contributed by atoms with Crippen molar-refractivity contribution in [1.29, 1.82) is 0 Å². The zero-order valence-corrected chi connectivity index (χ0v) is 15.6. The molecule has 0 spiro atoms. The number of hydrogen-bond donors (Lipinski definition) is 2. The normalized spacial score (nSPS) is 11.5. The number of aryl methyl sites for hydroxylation is 1. The summed E-state index contributed by atoms with van der Waals surface area (Å²) in [5.41, 5.74) is 1.70. The molecule has 7 nitrogen and oxygen atoms in total. The number of carbonyl (C=O) groups excluding carboxylic acids is 2. The minimum absolute atomic E-state index is 0.0289. The zero-order valence-electron chi connectivity index (χ0n) is 15.6. The molecule has 0 bridgehead atoms. The first-order valence-electron chi connectivity index (χ1n) is 8.75. The molecule has 1 atom stereocenters. The van der Waals surface area contributed by atoms with Crippen LogP contribution in [0.2, 0.25) is 0 Å². The summed E-state index contributed by atoms with van der Waals surface area (Å²) in [6.07, 6.45) is 0.747. The summed E-state index contributed by atoms with van der Waals surface area (Å²) in [4.78, 5) is 35.1. The number of carbonyl (C=O) groups is 2. The van der Waals surface area contributed by atoms with Gasteiger partial charge in [0.05, 0.1) is 4.92 Å². The molecule has 142 valence electrons. The number of para-hydroxylation sites is 1. The van der Waals surface area contributed by atoms with E-state index in [4.69, 9.17) is 0 Å². The number of hydrogen-bond acceptors (Lipinski definition) is 4. The van der Waals surface area contributed by atoms with Crippen LogP contribution < -0.4 is 10.6 Å². The smallest absolute Gasteiger partial charge is 0.285 e. The number of nitro groups is 1. The summed E-state index contributed by atoms with van der Waals surface area (Å²) in [7, 11) is 0. The molecule has 0 fully saturated rings. The lowest BCUT2D eigenvalue weighted by Crippen LogP contribution is -2.24. The van der Waals surface area contributed by atoms with E-state index in [0.29, 0.717) is 11.3 Å². The molecule has 2 aromatic rings. The lowest BCUT2D eigenvalue weighted by atomic mass is 10.1. The summed E-state index contributed by atoms with van der Waals surface area (Å²) in [6, 6.07) is 11.8. The van der Waals surface area contributed by atoms with Crippen LogP contribution in [-0.4, -0.2) is 16.7 Å². The number of anilines is 1. The van der Waals surface area contributed by atoms with Gasteiger partial charge < -0.3 is 10.6 Å². The fraction of sp³-hybridized carbons (Fsp3) is 0.300. The van der Waals surface area contributed by atoms with Crippen LogP contribution in [0.3, 0.4) is 0 Å². The van der Waals surface area contributed by atoms with Gasteiger partial charge in [-0.05, 0) is 37.1 Å². The van der Waals surface area contributed by atoms with E-state index < -0.39 is 10.8 Å². The monoisotopic (exact) mass is 369 g/mol. The quantitative estimate of drug-likeness (QED) is 0.572. The van der Waals surface area contributed by atoms with Gasteiger partial charge >= 0.3 is 0 Å². The van der Waals surface area contributed by atoms with Crippen LogP contribution >= 0.6 is 0 Å². The topological polar surface area (TPSA) is 101 Å². The van der Waals surface area contributed by atoms with E-state index in [1.165, 1.54) is 6.07 Å². The van der Waals surface area contributed by atoms with Crippen LogP contribution in [0.15, 0.2) is 42.5 Å². The second kappa shape index (κ2) is 8.93. The third-order valence-electron chi connectivity index (χ3n) is 4.37. The molecule has 2 N–H and O–H groups in total. The highest BCUT2D eigenvalue weighted by Gasteiger charge is 2.22. The highest BCUT2D eigenvalue weighted by molar-refractivity contribution is 5.98. The summed E-state index contributed by atoms with van der Waals surface area (Å²) >= 11 is 0. The van der Waals surface area contributed by atoms with Crippen LogP contribution in [0.4, 0.5) is 11.4 Å². The highest BCUT2D eigenvalue weighted by atomic mass is 16.6. The van der Waals surface area contributed by atoms with Crippen LogP contribution in [-0.2, 0) is 11.3 Å². The fourth-order valence-corrected chi connectivity index (χ4v) is 2.57. The highest BCUT2D eigenvalue weighted by Crippen LogP contribution is 2.23. The summed E-state index contributed by atoms with van der Waals surface area (Å²) in [6.45, 7) is 5.59. The maximum Gasteiger partial charge on any atom is 0.285 e. The Hall–Kier alpha value is -3.22. The van der Waals surface area contributed by atoms with E-state index in [1.807, 2.05) is 19.9 Å². The van der Waals surface area contributed by atoms with Gasteiger partial charge in [-0.1, -0.05) is 38.1 Å². The standard InChI is InChI=1S/C20H23N3O4/c1-4-13(2)19(24)22-16-9-6-8-15(11-16)12-21-20(25)17-10-5-7-14(3)18(17)23(26)27/h5-11,13H,4,12H2,1-3H3,(H,21,25)(H,22,24). The minimum atomic E-state index is -0.546. The van der Waals surface area contributed by atoms with E-state index >= 15 is 0 Å². The van der Waals surface area contributed by atoms with Crippen LogP contribution in [0.5, 0.6) is 0 Å². The third kappa shape index (κ3) is 5.13. The van der Waals surface area contributed by atoms with Gasteiger partial charge in [-0.3, -0.25) is 19.7 Å². The molecule has 0 aliphatic carbocycles. The molecule has 0 aliphatic heterocycles. The Morgan fingerprint density at radius 2 is 1.89 bits per heavy atom. The van der Waals surface area contributed by atoms with Crippen molar-refractivity contribution >= 4 is 23.2 Å². The molecule has 0 saturated carbocycles. The number of rotatable bonds is 7. The van der Waals surface area contributed by atoms with E-state index in [9.17, 15) is 19.7 Å². The second-order valence-corrected chi connectivity index (χ2v) is 6.41. The maximum absolute atomic E-state index is 12.4. The van der Waals surface area contributed by atoms with E-state index in [0.717, 1.165) is 12.0 Å². The van der Waals surface area contributed by atoms with Crippen molar-refractivity contribution in [3.63, 3.8) is 0 Å². The Labute approximate surface area is 157 Å². The molecule has 1 unspecified atom stereocenters. The van der Waals surface area contributed by atoms with Gasteiger partial charge in [0.1, 0.15) is 5.56 Å². The molecule has 2 amide bonds. The number of amides is 2. The number of nitro benzene ring substituents is 1. The van der Waals surface area contributed by atoms with Crippen molar-refractivity contribution in [1.82, 2.24) is 5.32 Å². The summed E-state index contributed by atoms with van der Waals surface area (Å²) in [5, 5.41) is 16.8. The molecular formula is C20H23N3O4. The minimum Gasteiger partial charge on any atom is -0.348 e. The lowest BCUT2D eigenvalue weighted by molar-refractivity contribution is -0.385. The molecule has 2 rings (SSSR count). The Balaban J connectivity index is 2.08. The molecule has 0 saturated heterocycles. The average Bonchev–Trinajstić information content (AvgIpc) is 2.65. The van der Waals surface area contributed by atoms with Crippen LogP contribution in [0, 0.1) is 23.0 Å². The van der Waals surface area contributed by atoms with Crippen molar-refractivity contribution in [2.45, 2.75) is 33.7 Å². The zero-order chi connectivity index (χ0) is 20.0. The number of benzene rings is 2. The first-order valence-corrected chi connectivity index (χ1v) is 8.75. The molecular weight excluding hydrogens is 346 g/mol. The Kier molecular flexibility index (Phi) is 6.65. The van der Waals surface area contributed by atoms with Crippen molar-refractivity contribution in [2.75, 3.05) is 5.32 Å². The predicted octanol–water partition coefficient (Wildman–Crippen LogP) is 3.82. The number of nitrogens with one attached hydrogen (secondary N) is 2. The Morgan fingerprint density at radius 3 is 2.56 bits per heavy atom. The number of nitrogens with zero attached hydrogens (tertiary/aromatic N) is 1. The average molecular weight is 369 g/mol. The summed E-state index contributed by atoms with van der Waals surface area (Å²) < 4.78 is 0. The Bertz CT molecular complexity index is 864. The van der Waals surface area contributed by atoms with E-state index in [-0.39, 0.29) is 29.6 Å². The van der Waals surface area contributed by atoms with E-state index in [2.05, 4.69) is 10.6 Å². The molecule has 0 aromatic heterocycles. The first-order chi connectivity index (χ1) is 12.8. The molecule has 0 aliphatic rings. The van der Waals surface area contributed by atoms with Gasteiger partial charge in [0.25, 0.3) is 11.6 Å². The van der Waals surface area contributed by atoms with Crippen LogP contribution in [0.25, 0.3) is 0 Å². The Morgan fingerprint density at radius 1 is 1.19 bits per heavy atom. The van der Waals surface area contributed by atoms with Gasteiger partial charge in [0.2, 0.25) is 5.91 Å². The predicted molar refractivity (Wildman–Crippen MR) is 104 cm³/mol. The van der Waals surface area contributed by atoms with Gasteiger partial charge in [0.15, 0.2) is 0 Å². The van der Waals surface area contributed by atoms with E-state index in [1.54, 1.807) is 37.3 Å². The molecule has 2 aromatic carbocycles. The lowest BCUT2D eigenvalue weighted by Gasteiger charge is -2.12. The van der Waals surface area contributed by atoms with Gasteiger partial charge in [-0.15, -0.1) is 0 Å². The van der Waals surface area contributed by atoms with Crippen molar-refractivity contribution in [3.8, 4) is 0 Å². The van der Waals surface area contributed by atoms with Crippen molar-refractivity contribution < 1.29 is 14.5 Å². The molecule has 0 heterocycles. The SMILES string of the molecule is CCC(C)C(=O)Nc1cccc(CNC(=O)c2cccc(C)c2[N+](=O)[O-])c1.